The zero-order valence-electron chi connectivity index (χ0n) is 9.77. The van der Waals surface area contributed by atoms with Crippen LogP contribution >= 0.6 is 11.8 Å². The Bertz CT molecular complexity index is 531. The second kappa shape index (κ2) is 5.12. The number of amides is 1. The molecule has 0 saturated carbocycles. The molecule has 0 bridgehead atoms. The van der Waals surface area contributed by atoms with Crippen molar-refractivity contribution < 1.29 is 22.7 Å². The number of nitrogens with zero attached hydrogens (tertiary/aromatic N) is 2. The number of rotatable bonds is 2. The molecular formula is C11H9F3N2O2S. The van der Waals surface area contributed by atoms with E-state index in [-0.39, 0.29) is 35.2 Å². The molecule has 0 aromatic heterocycles. The van der Waals surface area contributed by atoms with Gasteiger partial charge in [-0.1, -0.05) is 6.07 Å². The number of ether oxygens (including phenoxy) is 1. The Kier molecular flexibility index (Phi) is 3.70. The van der Waals surface area contributed by atoms with Gasteiger partial charge in [-0.2, -0.15) is 18.2 Å². The van der Waals surface area contributed by atoms with Crippen LogP contribution in [-0.4, -0.2) is 36.0 Å². The lowest BCUT2D eigenvalue weighted by Crippen LogP contribution is -2.24. The predicted molar refractivity (Wildman–Crippen MR) is 64.2 cm³/mol. The number of thioether (sulfide) groups is 1. The molecule has 1 amide bonds. The number of likely N-dealkylation sites (N-methyl/N-ethyl adjacent to an activating group) is 1. The summed E-state index contributed by atoms with van der Waals surface area (Å²) in [6.07, 6.45) is 0. The van der Waals surface area contributed by atoms with Gasteiger partial charge in [0.15, 0.2) is 6.61 Å². The monoisotopic (exact) mass is 290 g/mol. The molecule has 1 aromatic carbocycles. The number of carbonyl (C=O) groups is 1. The molecule has 19 heavy (non-hydrogen) atoms. The van der Waals surface area contributed by atoms with Crippen LogP contribution in [0.5, 0.6) is 0 Å². The number of amidine groups is 1. The minimum atomic E-state index is -4.34. The van der Waals surface area contributed by atoms with E-state index in [4.69, 9.17) is 4.74 Å². The van der Waals surface area contributed by atoms with Gasteiger partial charge in [0, 0.05) is 11.9 Å². The minimum absolute atomic E-state index is 0.0290. The van der Waals surface area contributed by atoms with Crippen LogP contribution in [0.15, 0.2) is 34.2 Å². The van der Waals surface area contributed by atoms with Crippen LogP contribution < -0.4 is 0 Å². The first kappa shape index (κ1) is 13.7. The summed E-state index contributed by atoms with van der Waals surface area (Å²) in [5, 5.41) is 0. The molecule has 1 aromatic rings. The van der Waals surface area contributed by atoms with E-state index in [1.54, 1.807) is 0 Å². The van der Waals surface area contributed by atoms with E-state index >= 15 is 0 Å². The molecule has 1 heterocycles. The fourth-order valence-electron chi connectivity index (χ4n) is 1.39. The van der Waals surface area contributed by atoms with E-state index in [9.17, 15) is 18.0 Å². The normalized spacial score (nSPS) is 18.0. The largest absolute Gasteiger partial charge is 0.454 e. The first-order chi connectivity index (χ1) is 8.85. The fourth-order valence-corrected chi connectivity index (χ4v) is 1.99. The molecule has 0 radical (unpaired) electrons. The van der Waals surface area contributed by atoms with Crippen molar-refractivity contribution in [2.75, 3.05) is 13.7 Å². The summed E-state index contributed by atoms with van der Waals surface area (Å²) >= 11 is -0.216. The molecule has 0 atom stereocenters. The third kappa shape index (κ3) is 3.63. The average molecular weight is 290 g/mol. The zero-order valence-corrected chi connectivity index (χ0v) is 10.6. The Morgan fingerprint density at radius 2 is 2.16 bits per heavy atom. The second-order valence-electron chi connectivity index (χ2n) is 3.68. The molecular weight excluding hydrogens is 281 g/mol. The van der Waals surface area contributed by atoms with Gasteiger partial charge in [0.1, 0.15) is 0 Å². The minimum Gasteiger partial charge on any atom is -0.454 e. The van der Waals surface area contributed by atoms with Crippen LogP contribution in [0.1, 0.15) is 0 Å². The smallest absolute Gasteiger partial charge is 0.446 e. The molecule has 1 saturated heterocycles. The summed E-state index contributed by atoms with van der Waals surface area (Å²) in [4.78, 5) is 16.4. The highest BCUT2D eigenvalue weighted by Crippen LogP contribution is 2.37. The van der Waals surface area contributed by atoms with Crippen molar-refractivity contribution in [3.05, 3.63) is 24.3 Å². The molecule has 0 aliphatic carbocycles. The SMILES string of the molecule is CN1C(=O)COC1=Nc1cccc(SC(F)(F)F)c1. The van der Waals surface area contributed by atoms with Gasteiger partial charge >= 0.3 is 5.51 Å². The standard InChI is InChI=1S/C11H9F3N2O2S/c1-16-9(17)6-18-10(16)15-7-3-2-4-8(5-7)19-11(12,13)14/h2-5H,6H2,1H3. The molecule has 1 fully saturated rings. The Labute approximate surface area is 111 Å². The summed E-state index contributed by atoms with van der Waals surface area (Å²) in [5.41, 5.74) is -4.05. The lowest BCUT2D eigenvalue weighted by atomic mass is 10.3. The highest BCUT2D eigenvalue weighted by molar-refractivity contribution is 8.00. The van der Waals surface area contributed by atoms with E-state index < -0.39 is 5.51 Å². The lowest BCUT2D eigenvalue weighted by Gasteiger charge is -2.07. The predicted octanol–water partition coefficient (Wildman–Crippen LogP) is 2.77. The van der Waals surface area contributed by atoms with Gasteiger partial charge in [0.25, 0.3) is 11.9 Å². The van der Waals surface area contributed by atoms with Crippen LogP contribution in [0, 0.1) is 0 Å². The van der Waals surface area contributed by atoms with Gasteiger partial charge in [-0.3, -0.25) is 9.69 Å². The van der Waals surface area contributed by atoms with Crippen molar-refractivity contribution >= 4 is 29.4 Å². The van der Waals surface area contributed by atoms with Crippen LogP contribution in [0.25, 0.3) is 0 Å². The van der Waals surface area contributed by atoms with E-state index in [0.29, 0.717) is 5.69 Å². The number of halogens is 3. The summed E-state index contributed by atoms with van der Waals surface area (Å²) in [6.45, 7) is -0.105. The van der Waals surface area contributed by atoms with Crippen LogP contribution in [0.4, 0.5) is 18.9 Å². The molecule has 102 valence electrons. The fraction of sp³-hybridized carbons (Fsp3) is 0.273. The van der Waals surface area contributed by atoms with Gasteiger partial charge in [-0.05, 0) is 30.0 Å². The first-order valence-corrected chi connectivity index (χ1v) is 6.01. The number of carbonyl (C=O) groups excluding carboxylic acids is 1. The number of hydrogen-bond donors (Lipinski definition) is 0. The molecule has 8 heteroatoms. The number of aliphatic imine (C=N–C) groups is 1. The molecule has 0 unspecified atom stereocenters. The van der Waals surface area contributed by atoms with Gasteiger partial charge in [0.2, 0.25) is 0 Å². The first-order valence-electron chi connectivity index (χ1n) is 5.19. The topological polar surface area (TPSA) is 41.9 Å². The maximum atomic E-state index is 12.2. The number of hydrogen-bond acceptors (Lipinski definition) is 4. The van der Waals surface area contributed by atoms with Crippen molar-refractivity contribution in [1.29, 1.82) is 0 Å². The Balaban J connectivity index is 2.20. The number of alkyl halides is 3. The third-order valence-electron chi connectivity index (χ3n) is 2.26. The van der Waals surface area contributed by atoms with E-state index in [0.717, 1.165) is 0 Å². The molecule has 2 rings (SSSR count). The van der Waals surface area contributed by atoms with Gasteiger partial charge < -0.3 is 4.74 Å². The molecule has 1 aliphatic heterocycles. The third-order valence-corrected chi connectivity index (χ3v) is 2.98. The van der Waals surface area contributed by atoms with Gasteiger partial charge in [-0.25, -0.2) is 0 Å². The summed E-state index contributed by atoms with van der Waals surface area (Å²) in [6, 6.07) is 5.70. The van der Waals surface area contributed by atoms with Gasteiger partial charge in [0.05, 0.1) is 5.69 Å². The van der Waals surface area contributed by atoms with Gasteiger partial charge in [-0.15, -0.1) is 0 Å². The molecule has 0 spiro atoms. The number of benzene rings is 1. The Hall–Kier alpha value is -1.70. The maximum absolute atomic E-state index is 12.2. The lowest BCUT2D eigenvalue weighted by molar-refractivity contribution is -0.124. The summed E-state index contributed by atoms with van der Waals surface area (Å²) in [5.74, 6) is -0.250. The van der Waals surface area contributed by atoms with Crippen molar-refractivity contribution in [2.24, 2.45) is 4.99 Å². The molecule has 4 nitrogen and oxygen atoms in total. The maximum Gasteiger partial charge on any atom is 0.446 e. The van der Waals surface area contributed by atoms with E-state index in [1.165, 1.54) is 36.2 Å². The molecule has 1 aliphatic rings. The Morgan fingerprint density at radius 1 is 1.42 bits per heavy atom. The van der Waals surface area contributed by atoms with Crippen molar-refractivity contribution in [3.63, 3.8) is 0 Å². The van der Waals surface area contributed by atoms with Crippen molar-refractivity contribution in [1.82, 2.24) is 4.90 Å². The Morgan fingerprint density at radius 3 is 2.74 bits per heavy atom. The highest BCUT2D eigenvalue weighted by Gasteiger charge is 2.29. The van der Waals surface area contributed by atoms with E-state index in [2.05, 4.69) is 4.99 Å². The van der Waals surface area contributed by atoms with Crippen LogP contribution in [0.3, 0.4) is 0 Å². The van der Waals surface area contributed by atoms with Crippen molar-refractivity contribution in [2.45, 2.75) is 10.4 Å². The molecule has 0 N–H and O–H groups in total. The summed E-state index contributed by atoms with van der Waals surface area (Å²) < 4.78 is 41.7. The van der Waals surface area contributed by atoms with Crippen LogP contribution in [0.2, 0.25) is 0 Å². The average Bonchev–Trinajstić information content (AvgIpc) is 2.59. The summed E-state index contributed by atoms with van der Waals surface area (Å²) in [7, 11) is 1.49. The second-order valence-corrected chi connectivity index (χ2v) is 4.82. The van der Waals surface area contributed by atoms with Crippen molar-refractivity contribution in [3.8, 4) is 0 Å². The quantitative estimate of drug-likeness (QED) is 0.786. The highest BCUT2D eigenvalue weighted by atomic mass is 32.2. The zero-order chi connectivity index (χ0) is 14.0. The van der Waals surface area contributed by atoms with E-state index in [1.807, 2.05) is 0 Å². The van der Waals surface area contributed by atoms with Crippen LogP contribution in [-0.2, 0) is 9.53 Å².